The summed E-state index contributed by atoms with van der Waals surface area (Å²) in [7, 11) is 0. The highest BCUT2D eigenvalue weighted by atomic mass is 19.1. The van der Waals surface area contributed by atoms with Crippen molar-refractivity contribution in [2.75, 3.05) is 19.7 Å². The van der Waals surface area contributed by atoms with Gasteiger partial charge in [0.25, 0.3) is 5.91 Å². The van der Waals surface area contributed by atoms with Crippen molar-refractivity contribution in [2.24, 2.45) is 5.92 Å². The standard InChI is InChI=1S/C21H20FNO2/c22-20-9-5-17(6-10-20)2-1-16-3-7-19(8-4-16)21(25)23-13-11-18(15-24)12-14-23/h3-10,18,24H,11-15H2. The molecular formula is C21H20FNO2. The molecule has 2 aromatic rings. The monoisotopic (exact) mass is 337 g/mol. The molecule has 1 aliphatic heterocycles. The molecule has 0 spiro atoms. The third-order valence-corrected chi connectivity index (χ3v) is 4.49. The molecule has 1 heterocycles. The maximum atomic E-state index is 12.9. The van der Waals surface area contributed by atoms with E-state index in [1.807, 2.05) is 17.0 Å². The van der Waals surface area contributed by atoms with E-state index in [4.69, 9.17) is 0 Å². The first kappa shape index (κ1) is 17.2. The first-order valence-corrected chi connectivity index (χ1v) is 8.43. The Morgan fingerprint density at radius 1 is 1.00 bits per heavy atom. The third-order valence-electron chi connectivity index (χ3n) is 4.49. The van der Waals surface area contributed by atoms with E-state index in [0.29, 0.717) is 24.6 Å². The average Bonchev–Trinajstić information content (AvgIpc) is 2.67. The number of nitrogens with zero attached hydrogens (tertiary/aromatic N) is 1. The van der Waals surface area contributed by atoms with Gasteiger partial charge in [-0.3, -0.25) is 4.79 Å². The van der Waals surface area contributed by atoms with Crippen molar-refractivity contribution in [2.45, 2.75) is 12.8 Å². The molecule has 1 amide bonds. The Morgan fingerprint density at radius 2 is 1.52 bits per heavy atom. The minimum Gasteiger partial charge on any atom is -0.396 e. The van der Waals surface area contributed by atoms with E-state index in [0.717, 1.165) is 24.0 Å². The first-order valence-electron chi connectivity index (χ1n) is 8.43. The second-order valence-corrected chi connectivity index (χ2v) is 6.25. The summed E-state index contributed by atoms with van der Waals surface area (Å²) in [6.07, 6.45) is 1.70. The largest absolute Gasteiger partial charge is 0.396 e. The number of hydrogen-bond acceptors (Lipinski definition) is 2. The van der Waals surface area contributed by atoms with E-state index >= 15 is 0 Å². The smallest absolute Gasteiger partial charge is 0.253 e. The quantitative estimate of drug-likeness (QED) is 0.856. The van der Waals surface area contributed by atoms with Crippen molar-refractivity contribution in [1.29, 1.82) is 0 Å². The summed E-state index contributed by atoms with van der Waals surface area (Å²) >= 11 is 0. The van der Waals surface area contributed by atoms with E-state index in [1.54, 1.807) is 24.3 Å². The fraction of sp³-hybridized carbons (Fsp3) is 0.286. The topological polar surface area (TPSA) is 40.5 Å². The van der Waals surface area contributed by atoms with Crippen LogP contribution in [0.1, 0.15) is 34.3 Å². The van der Waals surface area contributed by atoms with Gasteiger partial charge in [-0.25, -0.2) is 4.39 Å². The molecule has 0 aromatic heterocycles. The van der Waals surface area contributed by atoms with Crippen LogP contribution in [0.25, 0.3) is 0 Å². The number of carbonyl (C=O) groups excluding carboxylic acids is 1. The lowest BCUT2D eigenvalue weighted by Gasteiger charge is -2.31. The molecule has 0 unspecified atom stereocenters. The fourth-order valence-corrected chi connectivity index (χ4v) is 2.87. The molecule has 4 heteroatoms. The third kappa shape index (κ3) is 4.46. The lowest BCUT2D eigenvalue weighted by Crippen LogP contribution is -2.39. The molecule has 1 N–H and O–H groups in total. The number of carbonyl (C=O) groups is 1. The number of rotatable bonds is 2. The van der Waals surface area contributed by atoms with Crippen molar-refractivity contribution >= 4 is 5.91 Å². The molecule has 0 atom stereocenters. The summed E-state index contributed by atoms with van der Waals surface area (Å²) in [5.41, 5.74) is 2.20. The predicted octanol–water partition coefficient (Wildman–Crippen LogP) is 3.07. The molecule has 25 heavy (non-hydrogen) atoms. The molecule has 3 rings (SSSR count). The van der Waals surface area contributed by atoms with Crippen LogP contribution in [-0.4, -0.2) is 35.6 Å². The van der Waals surface area contributed by atoms with Gasteiger partial charge in [0.15, 0.2) is 0 Å². The lowest BCUT2D eigenvalue weighted by molar-refractivity contribution is 0.0651. The van der Waals surface area contributed by atoms with Crippen LogP contribution in [0.4, 0.5) is 4.39 Å². The molecule has 0 radical (unpaired) electrons. The van der Waals surface area contributed by atoms with Gasteiger partial charge < -0.3 is 10.0 Å². The SMILES string of the molecule is O=C(c1ccc(C#Cc2ccc(F)cc2)cc1)N1CCC(CO)CC1. The molecule has 2 aromatic carbocycles. The molecule has 0 aliphatic carbocycles. The molecule has 1 saturated heterocycles. The highest BCUT2D eigenvalue weighted by Gasteiger charge is 2.22. The Bertz CT molecular complexity index is 779. The lowest BCUT2D eigenvalue weighted by atomic mass is 9.97. The van der Waals surface area contributed by atoms with Crippen LogP contribution >= 0.6 is 0 Å². The number of hydrogen-bond donors (Lipinski definition) is 1. The maximum Gasteiger partial charge on any atom is 0.253 e. The van der Waals surface area contributed by atoms with Gasteiger partial charge in [-0.2, -0.15) is 0 Å². The van der Waals surface area contributed by atoms with Gasteiger partial charge in [0.2, 0.25) is 0 Å². The number of benzene rings is 2. The zero-order valence-electron chi connectivity index (χ0n) is 13.9. The second-order valence-electron chi connectivity index (χ2n) is 6.25. The highest BCUT2D eigenvalue weighted by molar-refractivity contribution is 5.94. The van der Waals surface area contributed by atoms with Crippen molar-refractivity contribution in [3.8, 4) is 11.8 Å². The van der Waals surface area contributed by atoms with Gasteiger partial charge in [-0.05, 0) is 67.3 Å². The number of piperidine rings is 1. The summed E-state index contributed by atoms with van der Waals surface area (Å²) in [5, 5.41) is 9.17. The number of aliphatic hydroxyl groups excluding tert-OH is 1. The number of likely N-dealkylation sites (tertiary alicyclic amines) is 1. The van der Waals surface area contributed by atoms with Crippen LogP contribution in [0.5, 0.6) is 0 Å². The van der Waals surface area contributed by atoms with Gasteiger partial charge >= 0.3 is 0 Å². The van der Waals surface area contributed by atoms with Crippen LogP contribution in [-0.2, 0) is 0 Å². The van der Waals surface area contributed by atoms with E-state index in [1.165, 1.54) is 12.1 Å². The van der Waals surface area contributed by atoms with Gasteiger partial charge in [0.05, 0.1) is 0 Å². The Morgan fingerprint density at radius 3 is 2.04 bits per heavy atom. The van der Waals surface area contributed by atoms with E-state index in [9.17, 15) is 14.3 Å². The molecule has 128 valence electrons. The molecule has 3 nitrogen and oxygen atoms in total. The molecule has 1 aliphatic rings. The van der Waals surface area contributed by atoms with Crippen LogP contribution in [0, 0.1) is 23.6 Å². The zero-order chi connectivity index (χ0) is 17.6. The summed E-state index contributed by atoms with van der Waals surface area (Å²) in [4.78, 5) is 14.3. The van der Waals surface area contributed by atoms with Crippen molar-refractivity contribution in [1.82, 2.24) is 4.90 Å². The number of halogens is 1. The normalized spacial score (nSPS) is 14.7. The summed E-state index contributed by atoms with van der Waals surface area (Å²) in [6.45, 7) is 1.58. The van der Waals surface area contributed by atoms with Crippen LogP contribution in [0.3, 0.4) is 0 Å². The minimum atomic E-state index is -0.281. The van der Waals surface area contributed by atoms with Crippen LogP contribution < -0.4 is 0 Å². The number of amides is 1. The van der Waals surface area contributed by atoms with E-state index < -0.39 is 0 Å². The summed E-state index contributed by atoms with van der Waals surface area (Å²) < 4.78 is 12.9. The van der Waals surface area contributed by atoms with Gasteiger partial charge in [-0.1, -0.05) is 11.8 Å². The fourth-order valence-electron chi connectivity index (χ4n) is 2.87. The Kier molecular flexibility index (Phi) is 5.47. The predicted molar refractivity (Wildman–Crippen MR) is 94.5 cm³/mol. The van der Waals surface area contributed by atoms with Gasteiger partial charge in [0, 0.05) is 36.4 Å². The zero-order valence-corrected chi connectivity index (χ0v) is 13.9. The van der Waals surface area contributed by atoms with Crippen molar-refractivity contribution < 1.29 is 14.3 Å². The van der Waals surface area contributed by atoms with E-state index in [-0.39, 0.29) is 18.3 Å². The van der Waals surface area contributed by atoms with Gasteiger partial charge in [-0.15, -0.1) is 0 Å². The van der Waals surface area contributed by atoms with E-state index in [2.05, 4.69) is 11.8 Å². The first-order chi connectivity index (χ1) is 12.2. The van der Waals surface area contributed by atoms with Crippen LogP contribution in [0.15, 0.2) is 48.5 Å². The van der Waals surface area contributed by atoms with Crippen molar-refractivity contribution in [3.05, 3.63) is 71.0 Å². The second kappa shape index (κ2) is 7.96. The molecular weight excluding hydrogens is 317 g/mol. The molecule has 0 saturated carbocycles. The Labute approximate surface area is 147 Å². The minimum absolute atomic E-state index is 0.0226. The highest BCUT2D eigenvalue weighted by Crippen LogP contribution is 2.18. The summed E-state index contributed by atoms with van der Waals surface area (Å²) in [5.74, 6) is 6.04. The summed E-state index contributed by atoms with van der Waals surface area (Å²) in [6, 6.07) is 13.3. The maximum absolute atomic E-state index is 12.9. The Hall–Kier alpha value is -2.64. The molecule has 0 bridgehead atoms. The number of aliphatic hydroxyl groups is 1. The van der Waals surface area contributed by atoms with Crippen LogP contribution in [0.2, 0.25) is 0 Å². The van der Waals surface area contributed by atoms with Gasteiger partial charge in [0.1, 0.15) is 5.82 Å². The average molecular weight is 337 g/mol. The molecule has 1 fully saturated rings. The van der Waals surface area contributed by atoms with Crippen molar-refractivity contribution in [3.63, 3.8) is 0 Å². The Balaban J connectivity index is 1.64.